The minimum atomic E-state index is -3.64. The second-order valence-electron chi connectivity index (χ2n) is 3.53. The fourth-order valence-electron chi connectivity index (χ4n) is 1.36. The van der Waals surface area contributed by atoms with Crippen molar-refractivity contribution in [3.05, 3.63) is 14.7 Å². The molecule has 0 fully saturated rings. The van der Waals surface area contributed by atoms with Crippen molar-refractivity contribution in [2.45, 2.75) is 30.7 Å². The Kier molecular flexibility index (Phi) is 5.69. The molecular weight excluding hydrogens is 303 g/mol. The third-order valence-electron chi connectivity index (χ3n) is 2.16. The first kappa shape index (κ1) is 15.2. The Morgan fingerprint density at radius 2 is 2.18 bits per heavy atom. The summed E-state index contributed by atoms with van der Waals surface area (Å²) in [5.74, 6) is 0. The van der Waals surface area contributed by atoms with Crippen molar-refractivity contribution in [2.24, 2.45) is 5.73 Å². The van der Waals surface area contributed by atoms with E-state index in [1.807, 2.05) is 6.92 Å². The van der Waals surface area contributed by atoms with E-state index < -0.39 is 10.0 Å². The third-order valence-corrected chi connectivity index (χ3v) is 5.43. The average molecular weight is 317 g/mol. The lowest BCUT2D eigenvalue weighted by molar-refractivity contribution is 0.527. The molecule has 0 radical (unpaired) electrons. The lowest BCUT2D eigenvalue weighted by Crippen LogP contribution is -2.39. The summed E-state index contributed by atoms with van der Waals surface area (Å²) in [6.45, 7) is 2.22. The molecule has 0 saturated carbocycles. The Hall–Kier alpha value is 0.150. The molecule has 1 rings (SSSR count). The summed E-state index contributed by atoms with van der Waals surface area (Å²) < 4.78 is 27.0. The summed E-state index contributed by atoms with van der Waals surface area (Å²) in [5, 5.41) is 0. The Balaban J connectivity index is 2.92. The molecule has 8 heteroatoms. The maximum absolute atomic E-state index is 12.0. The third kappa shape index (κ3) is 4.08. The van der Waals surface area contributed by atoms with Gasteiger partial charge < -0.3 is 5.73 Å². The van der Waals surface area contributed by atoms with Gasteiger partial charge in [0.05, 0.1) is 4.34 Å². The average Bonchev–Trinajstić information content (AvgIpc) is 2.57. The van der Waals surface area contributed by atoms with Gasteiger partial charge in [0, 0.05) is 12.6 Å². The number of sulfonamides is 1. The van der Waals surface area contributed by atoms with Crippen LogP contribution in [0.1, 0.15) is 19.8 Å². The van der Waals surface area contributed by atoms with Gasteiger partial charge in [0.15, 0.2) is 0 Å². The number of nitrogens with one attached hydrogen (secondary N) is 1. The quantitative estimate of drug-likeness (QED) is 0.846. The van der Waals surface area contributed by atoms with Gasteiger partial charge in [0.25, 0.3) is 0 Å². The minimum absolute atomic E-state index is 0.0173. The molecule has 0 aliphatic heterocycles. The zero-order chi connectivity index (χ0) is 13.1. The number of nitrogens with two attached hydrogens (primary N) is 1. The zero-order valence-electron chi connectivity index (χ0n) is 9.24. The van der Waals surface area contributed by atoms with Gasteiger partial charge in [-0.05, 0) is 12.5 Å². The van der Waals surface area contributed by atoms with Crippen LogP contribution in [0.4, 0.5) is 0 Å². The van der Waals surface area contributed by atoms with Crippen molar-refractivity contribution >= 4 is 44.6 Å². The van der Waals surface area contributed by atoms with Crippen LogP contribution in [0.25, 0.3) is 0 Å². The lowest BCUT2D eigenvalue weighted by Gasteiger charge is -2.15. The Bertz CT molecular complexity index is 473. The number of hydrogen-bond acceptors (Lipinski definition) is 4. The largest absolute Gasteiger partial charge is 0.329 e. The van der Waals surface area contributed by atoms with Crippen LogP contribution in [0.2, 0.25) is 8.67 Å². The summed E-state index contributed by atoms with van der Waals surface area (Å²) in [6.07, 6.45) is 1.54. The fraction of sp³-hybridized carbons (Fsp3) is 0.556. The zero-order valence-corrected chi connectivity index (χ0v) is 12.4. The first-order valence-corrected chi connectivity index (χ1v) is 8.13. The second-order valence-corrected chi connectivity index (χ2v) is 7.50. The van der Waals surface area contributed by atoms with Crippen molar-refractivity contribution in [1.82, 2.24) is 4.72 Å². The molecule has 4 nitrogen and oxygen atoms in total. The molecule has 0 spiro atoms. The van der Waals surface area contributed by atoms with E-state index in [0.717, 1.165) is 17.8 Å². The maximum atomic E-state index is 12.0. The summed E-state index contributed by atoms with van der Waals surface area (Å²) in [7, 11) is -3.64. The smallest absolute Gasteiger partial charge is 0.243 e. The van der Waals surface area contributed by atoms with E-state index in [4.69, 9.17) is 28.9 Å². The van der Waals surface area contributed by atoms with Crippen LogP contribution >= 0.6 is 34.5 Å². The molecule has 1 unspecified atom stereocenters. The standard InChI is InChI=1S/C9H14Cl2N2O2S2/c1-2-3-6(5-12)13-17(14,15)7-4-8(10)16-9(7)11/h4,6,13H,2-3,5,12H2,1H3. The molecule has 1 aromatic rings. The molecule has 1 aromatic heterocycles. The van der Waals surface area contributed by atoms with Crippen LogP contribution in [0, 0.1) is 0 Å². The molecule has 0 bridgehead atoms. The van der Waals surface area contributed by atoms with Crippen LogP contribution in [-0.2, 0) is 10.0 Å². The van der Waals surface area contributed by atoms with Gasteiger partial charge in [-0.1, -0.05) is 36.5 Å². The van der Waals surface area contributed by atoms with E-state index >= 15 is 0 Å². The SMILES string of the molecule is CCCC(CN)NS(=O)(=O)c1cc(Cl)sc1Cl. The van der Waals surface area contributed by atoms with Gasteiger partial charge >= 0.3 is 0 Å². The number of halogens is 2. The predicted octanol–water partition coefficient (Wildman–Crippen LogP) is 2.46. The van der Waals surface area contributed by atoms with E-state index in [1.165, 1.54) is 6.07 Å². The van der Waals surface area contributed by atoms with Crippen molar-refractivity contribution in [1.29, 1.82) is 0 Å². The highest BCUT2D eigenvalue weighted by Crippen LogP contribution is 2.34. The van der Waals surface area contributed by atoms with Crippen molar-refractivity contribution in [3.8, 4) is 0 Å². The lowest BCUT2D eigenvalue weighted by atomic mass is 10.2. The van der Waals surface area contributed by atoms with Crippen LogP contribution < -0.4 is 10.5 Å². The van der Waals surface area contributed by atoms with E-state index in [9.17, 15) is 8.42 Å². The van der Waals surface area contributed by atoms with Crippen LogP contribution in [0.15, 0.2) is 11.0 Å². The molecule has 3 N–H and O–H groups in total. The molecular formula is C9H14Cl2N2O2S2. The van der Waals surface area contributed by atoms with Gasteiger partial charge in [-0.3, -0.25) is 0 Å². The molecule has 0 aliphatic rings. The number of hydrogen-bond donors (Lipinski definition) is 2. The highest BCUT2D eigenvalue weighted by atomic mass is 35.5. The molecule has 98 valence electrons. The molecule has 1 atom stereocenters. The molecule has 0 aromatic carbocycles. The van der Waals surface area contributed by atoms with E-state index in [2.05, 4.69) is 4.72 Å². The van der Waals surface area contributed by atoms with E-state index in [0.29, 0.717) is 10.8 Å². The molecule has 0 amide bonds. The van der Waals surface area contributed by atoms with Gasteiger partial charge in [0.1, 0.15) is 9.23 Å². The van der Waals surface area contributed by atoms with E-state index in [-0.39, 0.29) is 21.8 Å². The van der Waals surface area contributed by atoms with Crippen molar-refractivity contribution in [3.63, 3.8) is 0 Å². The minimum Gasteiger partial charge on any atom is -0.329 e. The monoisotopic (exact) mass is 316 g/mol. The highest BCUT2D eigenvalue weighted by Gasteiger charge is 2.23. The summed E-state index contributed by atoms with van der Waals surface area (Å²) >= 11 is 12.6. The first-order valence-electron chi connectivity index (χ1n) is 5.08. The Morgan fingerprint density at radius 3 is 2.59 bits per heavy atom. The first-order chi connectivity index (χ1) is 7.90. The summed E-state index contributed by atoms with van der Waals surface area (Å²) in [5.41, 5.74) is 5.50. The van der Waals surface area contributed by atoms with Crippen LogP contribution in [0.5, 0.6) is 0 Å². The summed E-state index contributed by atoms with van der Waals surface area (Å²) in [6, 6.07) is 1.07. The van der Waals surface area contributed by atoms with Gasteiger partial charge in [-0.15, -0.1) is 11.3 Å². The van der Waals surface area contributed by atoms with Gasteiger partial charge in [-0.25, -0.2) is 13.1 Å². The normalized spacial score (nSPS) is 13.9. The van der Waals surface area contributed by atoms with Crippen LogP contribution in [0.3, 0.4) is 0 Å². The van der Waals surface area contributed by atoms with Crippen molar-refractivity contribution in [2.75, 3.05) is 6.54 Å². The summed E-state index contributed by atoms with van der Waals surface area (Å²) in [4.78, 5) is 0.0173. The van der Waals surface area contributed by atoms with Crippen LogP contribution in [-0.4, -0.2) is 21.0 Å². The number of thiophene rings is 1. The van der Waals surface area contributed by atoms with E-state index in [1.54, 1.807) is 0 Å². The highest BCUT2D eigenvalue weighted by molar-refractivity contribution is 7.89. The fourth-order valence-corrected chi connectivity index (χ4v) is 4.80. The number of rotatable bonds is 6. The second kappa shape index (κ2) is 6.36. The molecule has 0 saturated heterocycles. The van der Waals surface area contributed by atoms with Gasteiger partial charge in [-0.2, -0.15) is 0 Å². The molecule has 17 heavy (non-hydrogen) atoms. The predicted molar refractivity (Wildman–Crippen MR) is 72.4 cm³/mol. The van der Waals surface area contributed by atoms with Crippen molar-refractivity contribution < 1.29 is 8.42 Å². The van der Waals surface area contributed by atoms with Gasteiger partial charge in [0.2, 0.25) is 10.0 Å². The Morgan fingerprint density at radius 1 is 1.53 bits per heavy atom. The molecule has 1 heterocycles. The molecule has 0 aliphatic carbocycles. The Labute approximate surface area is 115 Å². The topological polar surface area (TPSA) is 72.2 Å². The maximum Gasteiger partial charge on any atom is 0.243 e.